The molecule has 0 saturated carbocycles. The zero-order chi connectivity index (χ0) is 13.9. The lowest BCUT2D eigenvalue weighted by atomic mass is 9.99. The highest BCUT2D eigenvalue weighted by molar-refractivity contribution is 7.89. The Kier molecular flexibility index (Phi) is 4.59. The van der Waals surface area contributed by atoms with Crippen LogP contribution in [-0.4, -0.2) is 48.4 Å². The number of hydrogen-bond donors (Lipinski definition) is 2. The van der Waals surface area contributed by atoms with E-state index >= 15 is 0 Å². The standard InChI is InChI=1S/C12H22N4O2S/c1-10(2)14-6-11-4-3-5-16(8-11)19(17,18)12-7-13-9-15-12/h7,9-11,14H,3-6,8H2,1-2H3,(H,13,15). The molecule has 0 radical (unpaired) electrons. The molecule has 19 heavy (non-hydrogen) atoms. The second kappa shape index (κ2) is 6.02. The minimum Gasteiger partial charge on any atom is -0.335 e. The van der Waals surface area contributed by atoms with E-state index in [9.17, 15) is 8.42 Å². The molecule has 0 aliphatic carbocycles. The van der Waals surface area contributed by atoms with E-state index < -0.39 is 10.0 Å². The van der Waals surface area contributed by atoms with Crippen LogP contribution in [0.5, 0.6) is 0 Å². The van der Waals surface area contributed by atoms with Crippen LogP contribution in [-0.2, 0) is 10.0 Å². The van der Waals surface area contributed by atoms with Gasteiger partial charge in [0.15, 0.2) is 5.03 Å². The van der Waals surface area contributed by atoms with Crippen LogP contribution in [0.3, 0.4) is 0 Å². The molecule has 0 aromatic carbocycles. The lowest BCUT2D eigenvalue weighted by Gasteiger charge is -2.32. The largest absolute Gasteiger partial charge is 0.335 e. The van der Waals surface area contributed by atoms with Crippen LogP contribution < -0.4 is 5.32 Å². The van der Waals surface area contributed by atoms with Crippen LogP contribution in [0.2, 0.25) is 0 Å². The number of sulfonamides is 1. The van der Waals surface area contributed by atoms with Crippen molar-refractivity contribution < 1.29 is 8.42 Å². The number of H-pyrrole nitrogens is 1. The first kappa shape index (κ1) is 14.5. The first-order valence-electron chi connectivity index (χ1n) is 6.72. The Bertz CT molecular complexity index is 484. The summed E-state index contributed by atoms with van der Waals surface area (Å²) >= 11 is 0. The minimum absolute atomic E-state index is 0.185. The topological polar surface area (TPSA) is 78.1 Å². The summed E-state index contributed by atoms with van der Waals surface area (Å²) in [6.45, 7) is 6.25. The van der Waals surface area contributed by atoms with Crippen LogP contribution in [0.1, 0.15) is 26.7 Å². The number of nitrogens with zero attached hydrogens (tertiary/aromatic N) is 2. The fraction of sp³-hybridized carbons (Fsp3) is 0.750. The summed E-state index contributed by atoms with van der Waals surface area (Å²) in [5, 5.41) is 3.57. The molecule has 1 saturated heterocycles. The summed E-state index contributed by atoms with van der Waals surface area (Å²) in [5.74, 6) is 0.383. The van der Waals surface area contributed by atoms with Crippen molar-refractivity contribution in [3.05, 3.63) is 12.5 Å². The van der Waals surface area contributed by atoms with Crippen molar-refractivity contribution in [2.45, 2.75) is 37.8 Å². The third kappa shape index (κ3) is 3.55. The van der Waals surface area contributed by atoms with Crippen LogP contribution in [0.15, 0.2) is 17.6 Å². The van der Waals surface area contributed by atoms with Gasteiger partial charge in [-0.05, 0) is 25.3 Å². The highest BCUT2D eigenvalue weighted by Crippen LogP contribution is 2.22. The third-order valence-corrected chi connectivity index (χ3v) is 5.18. The first-order valence-corrected chi connectivity index (χ1v) is 8.16. The fourth-order valence-electron chi connectivity index (χ4n) is 2.34. The van der Waals surface area contributed by atoms with E-state index in [1.54, 1.807) is 4.31 Å². The Balaban J connectivity index is 2.01. The molecule has 0 spiro atoms. The van der Waals surface area contributed by atoms with Gasteiger partial charge in [0.2, 0.25) is 0 Å². The summed E-state index contributed by atoms with van der Waals surface area (Å²) in [6, 6.07) is 0.430. The first-order chi connectivity index (χ1) is 9.00. The zero-order valence-corrected chi connectivity index (χ0v) is 12.3. The highest BCUT2D eigenvalue weighted by atomic mass is 32.2. The molecule has 1 aliphatic rings. The number of aromatic amines is 1. The molecular formula is C12H22N4O2S. The summed E-state index contributed by atoms with van der Waals surface area (Å²) in [5.41, 5.74) is 0. The maximum atomic E-state index is 12.4. The molecule has 2 heterocycles. The molecule has 1 fully saturated rings. The Hall–Kier alpha value is -0.920. The molecule has 2 N–H and O–H groups in total. The molecular weight excluding hydrogens is 264 g/mol. The summed E-state index contributed by atoms with van der Waals surface area (Å²) in [7, 11) is -3.40. The number of hydrogen-bond acceptors (Lipinski definition) is 4. The molecule has 6 nitrogen and oxygen atoms in total. The lowest BCUT2D eigenvalue weighted by molar-refractivity contribution is 0.256. The van der Waals surface area contributed by atoms with Gasteiger partial charge in [-0.1, -0.05) is 13.8 Å². The second-order valence-electron chi connectivity index (χ2n) is 5.35. The number of aromatic nitrogens is 2. The number of imidazole rings is 1. The predicted molar refractivity (Wildman–Crippen MR) is 73.2 cm³/mol. The van der Waals surface area contributed by atoms with Gasteiger partial charge in [0.1, 0.15) is 0 Å². The summed E-state index contributed by atoms with van der Waals surface area (Å²) in [4.78, 5) is 6.47. The van der Waals surface area contributed by atoms with E-state index in [1.165, 1.54) is 12.5 Å². The van der Waals surface area contributed by atoms with Crippen molar-refractivity contribution >= 4 is 10.0 Å². The molecule has 1 unspecified atom stereocenters. The van der Waals surface area contributed by atoms with Gasteiger partial charge >= 0.3 is 0 Å². The van der Waals surface area contributed by atoms with E-state index in [0.29, 0.717) is 25.0 Å². The van der Waals surface area contributed by atoms with Crippen molar-refractivity contribution in [3.63, 3.8) is 0 Å². The van der Waals surface area contributed by atoms with Gasteiger partial charge in [0.05, 0.1) is 12.5 Å². The maximum Gasteiger partial charge on any atom is 0.260 e. The van der Waals surface area contributed by atoms with Gasteiger partial charge in [-0.2, -0.15) is 4.31 Å². The number of rotatable bonds is 5. The minimum atomic E-state index is -3.40. The highest BCUT2D eigenvalue weighted by Gasteiger charge is 2.30. The number of piperidine rings is 1. The Morgan fingerprint density at radius 3 is 3.00 bits per heavy atom. The van der Waals surface area contributed by atoms with Gasteiger partial charge in [-0.3, -0.25) is 0 Å². The normalized spacial score (nSPS) is 21.9. The van der Waals surface area contributed by atoms with Crippen molar-refractivity contribution in [2.24, 2.45) is 5.92 Å². The maximum absolute atomic E-state index is 12.4. The van der Waals surface area contributed by atoms with Gasteiger partial charge in [-0.25, -0.2) is 13.4 Å². The molecule has 2 rings (SSSR count). The molecule has 7 heteroatoms. The van der Waals surface area contributed by atoms with Gasteiger partial charge in [-0.15, -0.1) is 0 Å². The van der Waals surface area contributed by atoms with Gasteiger partial charge < -0.3 is 10.3 Å². The molecule has 1 aliphatic heterocycles. The van der Waals surface area contributed by atoms with Crippen LogP contribution in [0.25, 0.3) is 0 Å². The van der Waals surface area contributed by atoms with Crippen molar-refractivity contribution in [3.8, 4) is 0 Å². The molecule has 1 aromatic rings. The average Bonchev–Trinajstić information content (AvgIpc) is 2.91. The summed E-state index contributed by atoms with van der Waals surface area (Å²) < 4.78 is 26.3. The Labute approximate surface area is 114 Å². The zero-order valence-electron chi connectivity index (χ0n) is 11.5. The van der Waals surface area contributed by atoms with E-state index in [-0.39, 0.29) is 5.03 Å². The van der Waals surface area contributed by atoms with Crippen molar-refractivity contribution in [1.29, 1.82) is 0 Å². The quantitative estimate of drug-likeness (QED) is 0.839. The van der Waals surface area contributed by atoms with Crippen LogP contribution in [0.4, 0.5) is 0 Å². The SMILES string of the molecule is CC(C)NCC1CCCN(S(=O)(=O)c2cnc[nH]2)C1. The Morgan fingerprint density at radius 1 is 1.58 bits per heavy atom. The van der Waals surface area contributed by atoms with Gasteiger partial charge in [0, 0.05) is 19.1 Å². The fourth-order valence-corrected chi connectivity index (χ4v) is 3.79. The van der Waals surface area contributed by atoms with Crippen molar-refractivity contribution in [2.75, 3.05) is 19.6 Å². The number of nitrogens with one attached hydrogen (secondary N) is 2. The van der Waals surface area contributed by atoms with E-state index in [1.807, 2.05) is 0 Å². The predicted octanol–water partition coefficient (Wildman–Crippen LogP) is 0.808. The smallest absolute Gasteiger partial charge is 0.260 e. The molecule has 108 valence electrons. The average molecular weight is 286 g/mol. The lowest BCUT2D eigenvalue weighted by Crippen LogP contribution is -2.43. The third-order valence-electron chi connectivity index (χ3n) is 3.39. The summed E-state index contributed by atoms with van der Waals surface area (Å²) in [6.07, 6.45) is 4.76. The Morgan fingerprint density at radius 2 is 2.37 bits per heavy atom. The molecule has 1 aromatic heterocycles. The molecule has 0 amide bonds. The van der Waals surface area contributed by atoms with Gasteiger partial charge in [0.25, 0.3) is 10.0 Å². The van der Waals surface area contributed by atoms with Crippen LogP contribution >= 0.6 is 0 Å². The molecule has 1 atom stereocenters. The van der Waals surface area contributed by atoms with Crippen LogP contribution in [0, 0.1) is 5.92 Å². The van der Waals surface area contributed by atoms with Crippen molar-refractivity contribution in [1.82, 2.24) is 19.6 Å². The van der Waals surface area contributed by atoms with E-state index in [4.69, 9.17) is 0 Å². The monoisotopic (exact) mass is 286 g/mol. The molecule has 0 bridgehead atoms. The van der Waals surface area contributed by atoms with E-state index in [2.05, 4.69) is 29.1 Å². The second-order valence-corrected chi connectivity index (χ2v) is 7.26. The van der Waals surface area contributed by atoms with E-state index in [0.717, 1.165) is 19.4 Å².